The van der Waals surface area contributed by atoms with Crippen molar-refractivity contribution in [3.8, 4) is 0 Å². The first-order valence-corrected chi connectivity index (χ1v) is 11.2. The molecule has 0 spiro atoms. The number of thiophene rings is 1. The van der Waals surface area contributed by atoms with Crippen LogP contribution in [0.3, 0.4) is 0 Å². The second-order valence-corrected chi connectivity index (χ2v) is 8.97. The zero-order valence-electron chi connectivity index (χ0n) is 16.4. The maximum absolute atomic E-state index is 4.90. The van der Waals surface area contributed by atoms with Gasteiger partial charge in [-0.2, -0.15) is 0 Å². The predicted molar refractivity (Wildman–Crippen MR) is 117 cm³/mol. The van der Waals surface area contributed by atoms with E-state index in [2.05, 4.69) is 47.4 Å². The fraction of sp³-hybridized carbons (Fsp3) is 0.391. The third-order valence-corrected chi connectivity index (χ3v) is 7.13. The summed E-state index contributed by atoms with van der Waals surface area (Å²) in [5, 5.41) is 1.36. The van der Waals surface area contributed by atoms with Crippen LogP contribution in [0.5, 0.6) is 0 Å². The summed E-state index contributed by atoms with van der Waals surface area (Å²) in [4.78, 5) is 16.6. The minimum absolute atomic E-state index is 0.906. The van der Waals surface area contributed by atoms with Crippen LogP contribution in [0.15, 0.2) is 36.4 Å². The molecule has 1 N–H and O–H groups in total. The lowest BCUT2D eigenvalue weighted by atomic mass is 10.1. The van der Waals surface area contributed by atoms with Crippen molar-refractivity contribution in [3.63, 3.8) is 0 Å². The SMILES string of the molecule is Cc1nc(N2CC[NH+](C/C=C/c3ccccc3)CC2)c2c3c(sc2n1)CCC3. The van der Waals surface area contributed by atoms with Crippen molar-refractivity contribution >= 4 is 33.4 Å². The molecule has 0 saturated carbocycles. The highest BCUT2D eigenvalue weighted by molar-refractivity contribution is 7.19. The third kappa shape index (κ3) is 3.45. The maximum atomic E-state index is 4.90. The fourth-order valence-electron chi connectivity index (χ4n) is 4.47. The van der Waals surface area contributed by atoms with Gasteiger partial charge in [0.05, 0.1) is 38.1 Å². The van der Waals surface area contributed by atoms with Gasteiger partial charge in [-0.15, -0.1) is 11.3 Å². The average molecular weight is 392 g/mol. The van der Waals surface area contributed by atoms with Crippen LogP contribution in [0, 0.1) is 6.92 Å². The minimum Gasteiger partial charge on any atom is -0.345 e. The Morgan fingerprint density at radius 1 is 1.11 bits per heavy atom. The van der Waals surface area contributed by atoms with Gasteiger partial charge in [0.25, 0.3) is 0 Å². The molecular formula is C23H27N4S+. The fourth-order valence-corrected chi connectivity index (χ4v) is 5.78. The molecule has 0 unspecified atom stereocenters. The van der Waals surface area contributed by atoms with E-state index in [1.165, 1.54) is 46.4 Å². The lowest BCUT2D eigenvalue weighted by Crippen LogP contribution is -3.14. The van der Waals surface area contributed by atoms with E-state index in [-0.39, 0.29) is 0 Å². The van der Waals surface area contributed by atoms with E-state index in [0.717, 1.165) is 38.5 Å². The van der Waals surface area contributed by atoms with Gasteiger partial charge in [-0.1, -0.05) is 36.4 Å². The van der Waals surface area contributed by atoms with Gasteiger partial charge in [0, 0.05) is 4.88 Å². The molecule has 3 aromatic rings. The number of aromatic nitrogens is 2. The molecule has 5 rings (SSSR count). The highest BCUT2D eigenvalue weighted by Gasteiger charge is 2.27. The highest BCUT2D eigenvalue weighted by Crippen LogP contribution is 2.40. The molecule has 144 valence electrons. The molecule has 28 heavy (non-hydrogen) atoms. The lowest BCUT2D eigenvalue weighted by Gasteiger charge is -2.33. The molecule has 0 amide bonds. The van der Waals surface area contributed by atoms with Crippen LogP contribution in [0.4, 0.5) is 5.82 Å². The number of benzene rings is 1. The highest BCUT2D eigenvalue weighted by atomic mass is 32.1. The largest absolute Gasteiger partial charge is 0.345 e. The third-order valence-electron chi connectivity index (χ3n) is 5.94. The van der Waals surface area contributed by atoms with E-state index >= 15 is 0 Å². The van der Waals surface area contributed by atoms with Crippen molar-refractivity contribution in [2.75, 3.05) is 37.6 Å². The van der Waals surface area contributed by atoms with Gasteiger partial charge in [-0.25, -0.2) is 9.97 Å². The normalized spacial score (nSPS) is 17.7. The van der Waals surface area contributed by atoms with Crippen LogP contribution < -0.4 is 9.80 Å². The first kappa shape index (κ1) is 17.8. The molecule has 0 bridgehead atoms. The van der Waals surface area contributed by atoms with Gasteiger partial charge >= 0.3 is 0 Å². The number of hydrogen-bond acceptors (Lipinski definition) is 4. The number of hydrogen-bond donors (Lipinski definition) is 1. The van der Waals surface area contributed by atoms with Crippen LogP contribution >= 0.6 is 11.3 Å². The van der Waals surface area contributed by atoms with Crippen molar-refractivity contribution in [1.82, 2.24) is 9.97 Å². The molecule has 4 nitrogen and oxygen atoms in total. The molecule has 3 heterocycles. The Labute approximate surface area is 170 Å². The Hall–Kier alpha value is -2.24. The van der Waals surface area contributed by atoms with Gasteiger partial charge < -0.3 is 9.80 Å². The van der Waals surface area contributed by atoms with E-state index < -0.39 is 0 Å². The van der Waals surface area contributed by atoms with Gasteiger partial charge in [0.1, 0.15) is 16.5 Å². The van der Waals surface area contributed by atoms with E-state index in [0.29, 0.717) is 0 Å². The molecular weight excluding hydrogens is 364 g/mol. The van der Waals surface area contributed by atoms with Crippen LogP contribution in [-0.2, 0) is 12.8 Å². The first-order valence-electron chi connectivity index (χ1n) is 10.4. The van der Waals surface area contributed by atoms with E-state index in [9.17, 15) is 0 Å². The van der Waals surface area contributed by atoms with Crippen LogP contribution in [0.1, 0.15) is 28.2 Å². The minimum atomic E-state index is 0.906. The Morgan fingerprint density at radius 2 is 1.93 bits per heavy atom. The van der Waals surface area contributed by atoms with Crippen molar-refractivity contribution < 1.29 is 4.90 Å². The summed E-state index contributed by atoms with van der Waals surface area (Å²) in [5.74, 6) is 2.10. The zero-order chi connectivity index (χ0) is 18.9. The number of quaternary nitrogens is 1. The Morgan fingerprint density at radius 3 is 2.75 bits per heavy atom. The van der Waals surface area contributed by atoms with Gasteiger partial charge in [0.15, 0.2) is 0 Å². The Bertz CT molecular complexity index is 1000. The van der Waals surface area contributed by atoms with Gasteiger partial charge in [-0.05, 0) is 43.4 Å². The summed E-state index contributed by atoms with van der Waals surface area (Å²) < 4.78 is 0. The molecule has 2 aliphatic rings. The predicted octanol–water partition coefficient (Wildman–Crippen LogP) is 2.91. The van der Waals surface area contributed by atoms with Crippen molar-refractivity contribution in [2.24, 2.45) is 0 Å². The Kier molecular flexibility index (Phi) is 4.87. The van der Waals surface area contributed by atoms with Crippen LogP contribution in [0.2, 0.25) is 0 Å². The van der Waals surface area contributed by atoms with E-state index in [4.69, 9.17) is 9.97 Å². The monoisotopic (exact) mass is 391 g/mol. The van der Waals surface area contributed by atoms with Crippen LogP contribution in [0.25, 0.3) is 16.3 Å². The topological polar surface area (TPSA) is 33.5 Å². The average Bonchev–Trinajstić information content (AvgIpc) is 3.29. The van der Waals surface area contributed by atoms with Crippen molar-refractivity contribution in [2.45, 2.75) is 26.2 Å². The summed E-state index contributed by atoms with van der Waals surface area (Å²) in [6, 6.07) is 10.6. The smallest absolute Gasteiger partial charge is 0.141 e. The number of nitrogens with one attached hydrogen (secondary N) is 1. The summed E-state index contributed by atoms with van der Waals surface area (Å²) in [6.45, 7) is 7.60. The molecule has 2 aromatic heterocycles. The summed E-state index contributed by atoms with van der Waals surface area (Å²) in [6.07, 6.45) is 8.27. The van der Waals surface area contributed by atoms with Gasteiger partial charge in [-0.3, -0.25) is 0 Å². The number of rotatable bonds is 4. The summed E-state index contributed by atoms with van der Waals surface area (Å²) >= 11 is 1.90. The molecule has 1 aromatic carbocycles. The molecule has 1 fully saturated rings. The quantitative estimate of drug-likeness (QED) is 0.742. The van der Waals surface area contributed by atoms with E-state index in [1.54, 1.807) is 9.78 Å². The molecule has 5 heteroatoms. The summed E-state index contributed by atoms with van der Waals surface area (Å²) in [7, 11) is 0. The zero-order valence-corrected chi connectivity index (χ0v) is 17.3. The summed E-state index contributed by atoms with van der Waals surface area (Å²) in [5.41, 5.74) is 2.82. The van der Waals surface area contributed by atoms with Crippen molar-refractivity contribution in [3.05, 3.63) is 58.2 Å². The second-order valence-electron chi connectivity index (χ2n) is 7.89. The van der Waals surface area contributed by atoms with E-state index in [1.807, 2.05) is 18.3 Å². The molecule has 1 saturated heterocycles. The van der Waals surface area contributed by atoms with Gasteiger partial charge in [0.2, 0.25) is 0 Å². The number of anilines is 1. The van der Waals surface area contributed by atoms with Crippen LogP contribution in [-0.4, -0.2) is 42.7 Å². The first-order chi connectivity index (χ1) is 13.8. The number of aryl methyl sites for hydroxylation is 3. The molecule has 1 aliphatic heterocycles. The number of fused-ring (bicyclic) bond motifs is 3. The standard InChI is InChI=1S/C23H26N4S/c1-17-24-22(21-19-10-5-11-20(19)28-23(21)25-17)27-15-13-26(14-16-27)12-6-9-18-7-3-2-4-8-18/h2-4,6-9H,5,10-16H2,1H3/p+1/b9-6+. The van der Waals surface area contributed by atoms with Crippen molar-refractivity contribution in [1.29, 1.82) is 0 Å². The maximum Gasteiger partial charge on any atom is 0.141 e. The number of nitrogens with zero attached hydrogens (tertiary/aromatic N) is 3. The molecule has 0 radical (unpaired) electrons. The molecule has 0 atom stereocenters. The molecule has 1 aliphatic carbocycles. The second kappa shape index (κ2) is 7.64. The lowest BCUT2D eigenvalue weighted by molar-refractivity contribution is -0.894. The number of piperazine rings is 1. The Balaban J connectivity index is 1.29.